The highest BCUT2D eigenvalue weighted by atomic mass is 32.1. The van der Waals surface area contributed by atoms with Gasteiger partial charge in [0.05, 0.1) is 5.39 Å². The highest BCUT2D eigenvalue weighted by Gasteiger charge is 2.25. The van der Waals surface area contributed by atoms with E-state index < -0.39 is 0 Å². The zero-order valence-electron chi connectivity index (χ0n) is 17.4. The van der Waals surface area contributed by atoms with Gasteiger partial charge in [-0.2, -0.15) is 0 Å². The third-order valence-corrected chi connectivity index (χ3v) is 7.41. The lowest BCUT2D eigenvalue weighted by atomic mass is 9.90. The Labute approximate surface area is 180 Å². The van der Waals surface area contributed by atoms with Gasteiger partial charge >= 0.3 is 6.09 Å². The van der Waals surface area contributed by atoms with Crippen LogP contribution >= 0.6 is 11.3 Å². The fourth-order valence-corrected chi connectivity index (χ4v) is 5.38. The first-order valence-corrected chi connectivity index (χ1v) is 11.5. The standard InChI is InChI=1S/C22H27N5O2S/c1-26(2)15-6-4-14(5-7-15)25-20-19-17-12-16(29-22(28)27-10-3-11-27)8-9-18(17)30-21(19)24-13-23-20/h8-9,12-15H,3-7,10-11H2,1-2H3,(H,23,24,25). The molecule has 2 aromatic heterocycles. The molecular formula is C22H27N5O2S. The van der Waals surface area contributed by atoms with E-state index in [0.29, 0.717) is 17.8 Å². The number of aromatic nitrogens is 2. The van der Waals surface area contributed by atoms with Gasteiger partial charge in [-0.3, -0.25) is 0 Å². The molecule has 1 saturated carbocycles. The zero-order chi connectivity index (χ0) is 20.7. The first-order valence-electron chi connectivity index (χ1n) is 10.7. The molecule has 0 bridgehead atoms. The lowest BCUT2D eigenvalue weighted by molar-refractivity contribution is 0.125. The van der Waals surface area contributed by atoms with Crippen LogP contribution in [0.3, 0.4) is 0 Å². The number of amides is 1. The van der Waals surface area contributed by atoms with Crippen molar-refractivity contribution in [2.75, 3.05) is 32.5 Å². The Kier molecular flexibility index (Phi) is 5.20. The van der Waals surface area contributed by atoms with E-state index in [1.54, 1.807) is 22.6 Å². The van der Waals surface area contributed by atoms with Gasteiger partial charge < -0.3 is 19.9 Å². The lowest BCUT2D eigenvalue weighted by Crippen LogP contribution is -2.43. The van der Waals surface area contributed by atoms with Gasteiger partial charge in [0.1, 0.15) is 22.7 Å². The van der Waals surface area contributed by atoms with E-state index in [4.69, 9.17) is 4.74 Å². The highest BCUT2D eigenvalue weighted by Crippen LogP contribution is 2.38. The number of benzene rings is 1. The number of nitrogens with zero attached hydrogens (tertiary/aromatic N) is 4. The topological polar surface area (TPSA) is 70.6 Å². The number of ether oxygens (including phenoxy) is 1. The predicted octanol–water partition coefficient (Wildman–Crippen LogP) is 4.33. The van der Waals surface area contributed by atoms with E-state index in [1.807, 2.05) is 18.2 Å². The van der Waals surface area contributed by atoms with Gasteiger partial charge in [0.15, 0.2) is 0 Å². The van der Waals surface area contributed by atoms with Crippen LogP contribution < -0.4 is 10.1 Å². The van der Waals surface area contributed by atoms with Crippen LogP contribution in [0.1, 0.15) is 32.1 Å². The SMILES string of the molecule is CN(C)C1CCC(Nc2ncnc3sc4ccc(OC(=O)N5CCC5)cc4c23)CC1. The molecule has 1 N–H and O–H groups in total. The van der Waals surface area contributed by atoms with E-state index in [2.05, 4.69) is 34.3 Å². The van der Waals surface area contributed by atoms with Crippen molar-refractivity contribution >= 4 is 43.6 Å². The molecule has 7 nitrogen and oxygen atoms in total. The van der Waals surface area contributed by atoms with Crippen molar-refractivity contribution in [3.05, 3.63) is 24.5 Å². The molecule has 1 amide bonds. The van der Waals surface area contributed by atoms with Crippen LogP contribution in [0.4, 0.5) is 10.6 Å². The summed E-state index contributed by atoms with van der Waals surface area (Å²) in [7, 11) is 4.33. The molecule has 2 aliphatic rings. The molecule has 3 aromatic rings. The number of hydrogen-bond acceptors (Lipinski definition) is 7. The van der Waals surface area contributed by atoms with Crippen molar-refractivity contribution in [2.45, 2.75) is 44.2 Å². The number of fused-ring (bicyclic) bond motifs is 3. The summed E-state index contributed by atoms with van der Waals surface area (Å²) in [4.78, 5) is 26.3. The highest BCUT2D eigenvalue weighted by molar-refractivity contribution is 7.25. The molecular weight excluding hydrogens is 398 g/mol. The third-order valence-electron chi connectivity index (χ3n) is 6.33. The van der Waals surface area contributed by atoms with Crippen LogP contribution in [-0.2, 0) is 0 Å². The number of thiophene rings is 1. The van der Waals surface area contributed by atoms with E-state index in [0.717, 1.165) is 58.5 Å². The van der Waals surface area contributed by atoms with Crippen LogP contribution in [0.5, 0.6) is 5.75 Å². The average molecular weight is 426 g/mol. The van der Waals surface area contributed by atoms with Crippen LogP contribution in [-0.4, -0.2) is 65.1 Å². The fraction of sp³-hybridized carbons (Fsp3) is 0.500. The maximum Gasteiger partial charge on any atom is 0.415 e. The summed E-state index contributed by atoms with van der Waals surface area (Å²) in [6, 6.07) is 6.90. The number of carbonyl (C=O) groups is 1. The van der Waals surface area contributed by atoms with Crippen LogP contribution in [0.2, 0.25) is 0 Å². The molecule has 0 atom stereocenters. The van der Waals surface area contributed by atoms with E-state index >= 15 is 0 Å². The van der Waals surface area contributed by atoms with Gasteiger partial charge in [-0.05, 0) is 64.4 Å². The summed E-state index contributed by atoms with van der Waals surface area (Å²) in [6.07, 6.45) is 7.07. The molecule has 1 aliphatic heterocycles. The Balaban J connectivity index is 1.41. The maximum absolute atomic E-state index is 12.2. The second-order valence-electron chi connectivity index (χ2n) is 8.48. The second kappa shape index (κ2) is 8.00. The Hall–Kier alpha value is -2.45. The van der Waals surface area contributed by atoms with Gasteiger partial charge in [-0.25, -0.2) is 14.8 Å². The van der Waals surface area contributed by atoms with Crippen molar-refractivity contribution in [2.24, 2.45) is 0 Å². The lowest BCUT2D eigenvalue weighted by Gasteiger charge is -2.33. The van der Waals surface area contributed by atoms with E-state index in [-0.39, 0.29) is 6.09 Å². The molecule has 0 radical (unpaired) electrons. The van der Waals surface area contributed by atoms with Gasteiger partial charge in [0.25, 0.3) is 0 Å². The number of rotatable bonds is 4. The number of likely N-dealkylation sites (tertiary alicyclic amines) is 1. The molecule has 2 fully saturated rings. The van der Waals surface area contributed by atoms with Crippen molar-refractivity contribution in [3.63, 3.8) is 0 Å². The van der Waals surface area contributed by atoms with Crippen molar-refractivity contribution < 1.29 is 9.53 Å². The smallest absolute Gasteiger partial charge is 0.410 e. The summed E-state index contributed by atoms with van der Waals surface area (Å²) < 4.78 is 6.71. The minimum atomic E-state index is -0.271. The van der Waals surface area contributed by atoms with E-state index in [1.165, 1.54) is 12.8 Å². The maximum atomic E-state index is 12.2. The quantitative estimate of drug-likeness (QED) is 0.671. The molecule has 30 heavy (non-hydrogen) atoms. The molecule has 1 saturated heterocycles. The van der Waals surface area contributed by atoms with Crippen LogP contribution in [0.15, 0.2) is 24.5 Å². The molecule has 0 unspecified atom stereocenters. The second-order valence-corrected chi connectivity index (χ2v) is 9.52. The largest absolute Gasteiger partial charge is 0.415 e. The molecule has 5 rings (SSSR count). The summed E-state index contributed by atoms with van der Waals surface area (Å²) in [5.41, 5.74) is 0. The van der Waals surface area contributed by atoms with Gasteiger partial charge in [0, 0.05) is 35.3 Å². The first kappa shape index (κ1) is 19.5. The Bertz CT molecular complexity index is 1070. The van der Waals surface area contributed by atoms with Crippen molar-refractivity contribution in [1.82, 2.24) is 19.8 Å². The molecule has 1 aliphatic carbocycles. The number of nitrogens with one attached hydrogen (secondary N) is 1. The normalized spacial score (nSPS) is 21.8. The molecule has 158 valence electrons. The zero-order valence-corrected chi connectivity index (χ0v) is 18.2. The monoisotopic (exact) mass is 425 g/mol. The summed E-state index contributed by atoms with van der Waals surface area (Å²) in [5.74, 6) is 1.45. The molecule has 8 heteroatoms. The summed E-state index contributed by atoms with van der Waals surface area (Å²) >= 11 is 1.64. The molecule has 1 aromatic carbocycles. The molecule has 3 heterocycles. The average Bonchev–Trinajstić information content (AvgIpc) is 3.06. The minimum Gasteiger partial charge on any atom is -0.410 e. The fourth-order valence-electron chi connectivity index (χ4n) is 4.35. The Morgan fingerprint density at radius 2 is 2.00 bits per heavy atom. The van der Waals surface area contributed by atoms with Crippen LogP contribution in [0, 0.1) is 0 Å². The van der Waals surface area contributed by atoms with Crippen molar-refractivity contribution in [3.8, 4) is 5.75 Å². The van der Waals surface area contributed by atoms with Crippen molar-refractivity contribution in [1.29, 1.82) is 0 Å². The summed E-state index contributed by atoms with van der Waals surface area (Å²) in [6.45, 7) is 1.56. The minimum absolute atomic E-state index is 0.271. The third kappa shape index (κ3) is 3.70. The Morgan fingerprint density at radius 1 is 1.20 bits per heavy atom. The molecule has 0 spiro atoms. The number of anilines is 1. The first-order chi connectivity index (χ1) is 14.6. The summed E-state index contributed by atoms with van der Waals surface area (Å²) in [5, 5.41) is 5.74. The van der Waals surface area contributed by atoms with Gasteiger partial charge in [0.2, 0.25) is 0 Å². The van der Waals surface area contributed by atoms with Gasteiger partial charge in [-0.1, -0.05) is 0 Å². The Morgan fingerprint density at radius 3 is 2.70 bits per heavy atom. The van der Waals surface area contributed by atoms with E-state index in [9.17, 15) is 4.79 Å². The van der Waals surface area contributed by atoms with Crippen LogP contribution in [0.25, 0.3) is 20.3 Å². The predicted molar refractivity (Wildman–Crippen MR) is 120 cm³/mol. The van der Waals surface area contributed by atoms with Gasteiger partial charge in [-0.15, -0.1) is 11.3 Å². The number of hydrogen-bond donors (Lipinski definition) is 1. The number of carbonyl (C=O) groups excluding carboxylic acids is 1.